The van der Waals surface area contributed by atoms with Crippen molar-refractivity contribution in [3.05, 3.63) is 58.1 Å². The summed E-state index contributed by atoms with van der Waals surface area (Å²) in [6.45, 7) is 5.05. The fourth-order valence-electron chi connectivity index (χ4n) is 2.87. The number of rotatable bonds is 6. The van der Waals surface area contributed by atoms with E-state index >= 15 is 0 Å². The Morgan fingerprint density at radius 3 is 2.74 bits per heavy atom. The highest BCUT2D eigenvalue weighted by Gasteiger charge is 2.29. The topological polar surface area (TPSA) is 93.5 Å². The number of hydrogen-bond donors (Lipinski definition) is 1. The lowest BCUT2D eigenvalue weighted by Gasteiger charge is -2.40. The molecule has 142 valence electrons. The number of ether oxygens (including phenoxy) is 1. The van der Waals surface area contributed by atoms with Gasteiger partial charge in [-0.05, 0) is 32.0 Å². The molecule has 0 radical (unpaired) electrons. The zero-order valence-electron chi connectivity index (χ0n) is 15.3. The summed E-state index contributed by atoms with van der Waals surface area (Å²) < 4.78 is 6.33. The molecule has 27 heavy (non-hydrogen) atoms. The molecule has 1 saturated heterocycles. The van der Waals surface area contributed by atoms with E-state index in [0.717, 1.165) is 5.82 Å². The van der Waals surface area contributed by atoms with E-state index in [9.17, 15) is 14.4 Å². The monoisotopic (exact) mass is 370 g/mol. The molecule has 2 aromatic heterocycles. The highest BCUT2D eigenvalue weighted by Crippen LogP contribution is 2.18. The summed E-state index contributed by atoms with van der Waals surface area (Å²) in [7, 11) is 0. The molecule has 2 aromatic rings. The quantitative estimate of drug-likeness (QED) is 0.754. The van der Waals surface area contributed by atoms with E-state index < -0.39 is 5.97 Å². The maximum absolute atomic E-state index is 12.1. The van der Waals surface area contributed by atoms with Crippen LogP contribution in [0.25, 0.3) is 0 Å². The number of nitrogens with one attached hydrogen (secondary N) is 1. The highest BCUT2D eigenvalue weighted by atomic mass is 16.5. The number of aryl methyl sites for hydroxylation is 1. The Hall–Kier alpha value is -3.16. The van der Waals surface area contributed by atoms with E-state index in [4.69, 9.17) is 4.74 Å². The molecule has 1 aliphatic heterocycles. The fraction of sp³-hybridized carbons (Fsp3) is 0.368. The smallest absolute Gasteiger partial charge is 0.339 e. The molecule has 0 bridgehead atoms. The van der Waals surface area contributed by atoms with E-state index in [1.165, 1.54) is 10.8 Å². The van der Waals surface area contributed by atoms with Crippen molar-refractivity contribution in [3.8, 4) is 0 Å². The van der Waals surface area contributed by atoms with Crippen LogP contribution in [-0.2, 0) is 16.1 Å². The van der Waals surface area contributed by atoms with Gasteiger partial charge in [0.1, 0.15) is 12.4 Å². The maximum Gasteiger partial charge on any atom is 0.339 e. The molecule has 0 atom stereocenters. The summed E-state index contributed by atoms with van der Waals surface area (Å²) in [4.78, 5) is 42.0. The van der Waals surface area contributed by atoms with E-state index in [-0.39, 0.29) is 24.1 Å². The molecule has 0 unspecified atom stereocenters. The first-order chi connectivity index (χ1) is 13.0. The molecule has 1 aliphatic rings. The van der Waals surface area contributed by atoms with Gasteiger partial charge >= 0.3 is 5.97 Å². The molecule has 8 nitrogen and oxygen atoms in total. The van der Waals surface area contributed by atoms with E-state index in [0.29, 0.717) is 30.8 Å². The van der Waals surface area contributed by atoms with Crippen molar-refractivity contribution in [1.82, 2.24) is 14.9 Å². The van der Waals surface area contributed by atoms with Gasteiger partial charge in [0.15, 0.2) is 0 Å². The average molecular weight is 370 g/mol. The van der Waals surface area contributed by atoms with Gasteiger partial charge in [-0.25, -0.2) is 9.78 Å². The minimum atomic E-state index is -0.392. The van der Waals surface area contributed by atoms with Gasteiger partial charge in [-0.3, -0.25) is 9.59 Å². The summed E-state index contributed by atoms with van der Waals surface area (Å²) in [5, 5.41) is 2.92. The Labute approximate surface area is 156 Å². The van der Waals surface area contributed by atoms with Crippen molar-refractivity contribution in [1.29, 1.82) is 0 Å². The predicted octanol–water partition coefficient (Wildman–Crippen LogP) is 0.733. The summed E-state index contributed by atoms with van der Waals surface area (Å²) in [5.41, 5.74) is 0.862. The van der Waals surface area contributed by atoms with Crippen molar-refractivity contribution in [2.24, 2.45) is 0 Å². The van der Waals surface area contributed by atoms with Crippen LogP contribution in [0.15, 0.2) is 41.5 Å². The van der Waals surface area contributed by atoms with Gasteiger partial charge in [0.05, 0.1) is 18.2 Å². The van der Waals surface area contributed by atoms with Crippen LogP contribution in [0.1, 0.15) is 22.8 Å². The first-order valence-corrected chi connectivity index (χ1v) is 8.81. The zero-order valence-corrected chi connectivity index (χ0v) is 15.3. The van der Waals surface area contributed by atoms with E-state index in [2.05, 4.69) is 10.3 Å². The van der Waals surface area contributed by atoms with Crippen molar-refractivity contribution < 1.29 is 14.3 Å². The Balaban J connectivity index is 1.49. The van der Waals surface area contributed by atoms with Crippen molar-refractivity contribution in [2.75, 3.05) is 24.6 Å². The number of nitrogens with zero attached hydrogens (tertiary/aromatic N) is 3. The second-order valence-electron chi connectivity index (χ2n) is 6.42. The van der Waals surface area contributed by atoms with E-state index in [1.54, 1.807) is 44.3 Å². The number of hydrogen-bond acceptors (Lipinski definition) is 6. The minimum absolute atomic E-state index is 0.00347. The molecule has 8 heteroatoms. The molecular weight excluding hydrogens is 348 g/mol. The van der Waals surface area contributed by atoms with Crippen LogP contribution in [0.2, 0.25) is 0 Å². The van der Waals surface area contributed by atoms with Crippen LogP contribution in [0.3, 0.4) is 0 Å². The molecule has 0 aromatic carbocycles. The summed E-state index contributed by atoms with van der Waals surface area (Å²) >= 11 is 0. The fourth-order valence-corrected chi connectivity index (χ4v) is 2.87. The van der Waals surface area contributed by atoms with Crippen LogP contribution in [0.5, 0.6) is 0 Å². The van der Waals surface area contributed by atoms with Gasteiger partial charge in [0, 0.05) is 31.0 Å². The molecule has 0 spiro atoms. The Morgan fingerprint density at radius 1 is 1.30 bits per heavy atom. The highest BCUT2D eigenvalue weighted by molar-refractivity contribution is 5.89. The second-order valence-corrected chi connectivity index (χ2v) is 6.42. The van der Waals surface area contributed by atoms with Gasteiger partial charge < -0.3 is 19.5 Å². The number of esters is 1. The number of amides is 1. The van der Waals surface area contributed by atoms with Gasteiger partial charge in [-0.1, -0.05) is 6.07 Å². The van der Waals surface area contributed by atoms with Gasteiger partial charge in [-0.15, -0.1) is 0 Å². The van der Waals surface area contributed by atoms with Crippen molar-refractivity contribution in [3.63, 3.8) is 0 Å². The standard InChI is InChI=1S/C19H22N4O4/c1-3-27-19(26)14-6-7-16(20-9-14)23-10-15(11-23)21-17(24)12-22-8-4-5-13(2)18(22)25/h4-9,15H,3,10-12H2,1-2H3,(H,21,24). The number of carbonyl (C=O) groups is 2. The molecule has 1 N–H and O–H groups in total. The van der Waals surface area contributed by atoms with Crippen LogP contribution >= 0.6 is 0 Å². The minimum Gasteiger partial charge on any atom is -0.462 e. The summed E-state index contributed by atoms with van der Waals surface area (Å²) in [6, 6.07) is 6.92. The van der Waals surface area contributed by atoms with Crippen LogP contribution in [0, 0.1) is 6.92 Å². The maximum atomic E-state index is 12.1. The Morgan fingerprint density at radius 2 is 2.07 bits per heavy atom. The third kappa shape index (κ3) is 4.33. The van der Waals surface area contributed by atoms with Gasteiger partial charge in [-0.2, -0.15) is 0 Å². The predicted molar refractivity (Wildman–Crippen MR) is 99.8 cm³/mol. The number of carbonyl (C=O) groups excluding carboxylic acids is 2. The molecular formula is C19H22N4O4. The molecule has 0 saturated carbocycles. The first kappa shape index (κ1) is 18.6. The Kier molecular flexibility index (Phi) is 5.54. The van der Waals surface area contributed by atoms with Crippen molar-refractivity contribution >= 4 is 17.7 Å². The molecule has 1 fully saturated rings. The molecule has 3 rings (SSSR count). The second kappa shape index (κ2) is 8.03. The zero-order chi connectivity index (χ0) is 19.4. The average Bonchev–Trinajstić information content (AvgIpc) is 2.62. The summed E-state index contributed by atoms with van der Waals surface area (Å²) in [6.07, 6.45) is 3.10. The lowest BCUT2D eigenvalue weighted by Crippen LogP contribution is -2.60. The first-order valence-electron chi connectivity index (χ1n) is 8.81. The lowest BCUT2D eigenvalue weighted by atomic mass is 10.1. The molecule has 0 aliphatic carbocycles. The van der Waals surface area contributed by atoms with Crippen molar-refractivity contribution in [2.45, 2.75) is 26.4 Å². The van der Waals surface area contributed by atoms with Crippen LogP contribution in [-0.4, -0.2) is 47.2 Å². The normalized spacial score (nSPS) is 13.8. The number of anilines is 1. The third-order valence-corrected chi connectivity index (χ3v) is 4.35. The molecule has 3 heterocycles. The van der Waals surface area contributed by atoms with Crippen LogP contribution < -0.4 is 15.8 Å². The largest absolute Gasteiger partial charge is 0.462 e. The van der Waals surface area contributed by atoms with Gasteiger partial charge in [0.25, 0.3) is 5.56 Å². The van der Waals surface area contributed by atoms with Gasteiger partial charge in [0.2, 0.25) is 5.91 Å². The molecule has 1 amide bonds. The number of aromatic nitrogens is 2. The SMILES string of the molecule is CCOC(=O)c1ccc(N2CC(NC(=O)Cn3cccc(C)c3=O)C2)nc1. The van der Waals surface area contributed by atoms with Crippen LogP contribution in [0.4, 0.5) is 5.82 Å². The lowest BCUT2D eigenvalue weighted by molar-refractivity contribution is -0.122. The summed E-state index contributed by atoms with van der Waals surface area (Å²) in [5.74, 6) is 0.151. The third-order valence-electron chi connectivity index (χ3n) is 4.35. The Bertz CT molecular complexity index is 885. The number of pyridine rings is 2. The van der Waals surface area contributed by atoms with E-state index in [1.807, 2.05) is 4.90 Å².